The van der Waals surface area contributed by atoms with Crippen molar-refractivity contribution < 1.29 is 41.6 Å². The van der Waals surface area contributed by atoms with Crippen LogP contribution in [0.2, 0.25) is 0 Å². The molecule has 1 heterocycles. The smallest absolute Gasteiger partial charge is 0.406 e. The van der Waals surface area contributed by atoms with Crippen LogP contribution in [0, 0.1) is 0 Å². The molecule has 12 heteroatoms. The molecule has 8 nitrogen and oxygen atoms in total. The maximum atomic E-state index is 12.5. The van der Waals surface area contributed by atoms with Gasteiger partial charge in [0.2, 0.25) is 5.91 Å². The zero-order chi connectivity index (χ0) is 26.6. The van der Waals surface area contributed by atoms with Crippen LogP contribution in [-0.4, -0.2) is 27.2 Å². The number of hydrogen-bond donors (Lipinski definition) is 3. The highest BCUT2D eigenvalue weighted by Gasteiger charge is 2.45. The number of nitrogens with one attached hydrogen (secondary N) is 1. The van der Waals surface area contributed by atoms with E-state index in [2.05, 4.69) is 15.2 Å². The number of ether oxygens (including phenoxy) is 1. The molecule has 0 aliphatic rings. The number of nitrogens with zero attached hydrogens (tertiary/aromatic N) is 1. The van der Waals surface area contributed by atoms with Crippen molar-refractivity contribution in [3.05, 3.63) is 65.9 Å². The molecule has 0 unspecified atom stereocenters. The first-order valence-electron chi connectivity index (χ1n) is 11.1. The Labute approximate surface area is 205 Å². The number of anilines is 1. The second-order valence-corrected chi connectivity index (χ2v) is 10.1. The highest BCUT2D eigenvalue weighted by atomic mass is 31.2. The third-order valence-corrected chi connectivity index (χ3v) is 8.05. The van der Waals surface area contributed by atoms with Gasteiger partial charge >= 0.3 is 14.0 Å². The van der Waals surface area contributed by atoms with E-state index in [9.17, 15) is 32.3 Å². The molecule has 1 amide bonds. The normalized spacial score (nSPS) is 12.4. The van der Waals surface area contributed by atoms with Gasteiger partial charge in [0, 0.05) is 23.2 Å². The Morgan fingerprint density at radius 1 is 1.06 bits per heavy atom. The first-order chi connectivity index (χ1) is 16.9. The molecular weight excluding hydrogens is 500 g/mol. The molecule has 3 N–H and O–H groups in total. The highest BCUT2D eigenvalue weighted by molar-refractivity contribution is 7.53. The van der Waals surface area contributed by atoms with Crippen LogP contribution in [0.4, 0.5) is 18.9 Å². The summed E-state index contributed by atoms with van der Waals surface area (Å²) in [5, 5.41) is 5.19. The summed E-state index contributed by atoms with van der Waals surface area (Å²) in [6.45, 7) is 3.45. The van der Waals surface area contributed by atoms with Gasteiger partial charge in [-0.15, -0.1) is 13.2 Å². The molecule has 3 rings (SSSR count). The van der Waals surface area contributed by atoms with Crippen molar-refractivity contribution in [1.29, 1.82) is 0 Å². The predicted octanol–water partition coefficient (Wildman–Crippen LogP) is 6.00. The molecule has 0 aliphatic heterocycles. The van der Waals surface area contributed by atoms with Crippen LogP contribution in [-0.2, 0) is 20.9 Å². The molecule has 194 valence electrons. The summed E-state index contributed by atoms with van der Waals surface area (Å²) < 4.78 is 58.3. The number of aryl methyl sites for hydroxylation is 1. The molecule has 2 aromatic carbocycles. The Hall–Kier alpha value is -3.14. The van der Waals surface area contributed by atoms with Crippen molar-refractivity contribution in [3.63, 3.8) is 0 Å². The number of alkyl halides is 3. The van der Waals surface area contributed by atoms with Gasteiger partial charge in [-0.3, -0.25) is 9.36 Å². The molecule has 0 spiro atoms. The van der Waals surface area contributed by atoms with E-state index in [1.165, 1.54) is 18.3 Å². The van der Waals surface area contributed by atoms with Gasteiger partial charge in [-0.05, 0) is 61.2 Å². The fraction of sp³-hybridized carbons (Fsp3) is 0.333. The van der Waals surface area contributed by atoms with Gasteiger partial charge in [0.25, 0.3) is 0 Å². The van der Waals surface area contributed by atoms with Gasteiger partial charge in [-0.2, -0.15) is 0 Å². The number of carbonyl (C=O) groups is 1. The average Bonchev–Trinajstić information content (AvgIpc) is 3.27. The number of amides is 1. The fourth-order valence-electron chi connectivity index (χ4n) is 4.06. The predicted molar refractivity (Wildman–Crippen MR) is 126 cm³/mol. The lowest BCUT2D eigenvalue weighted by Gasteiger charge is -2.33. The van der Waals surface area contributed by atoms with Crippen LogP contribution < -0.4 is 10.1 Å². The van der Waals surface area contributed by atoms with Crippen LogP contribution in [0.1, 0.15) is 44.2 Å². The molecule has 36 heavy (non-hydrogen) atoms. The van der Waals surface area contributed by atoms with Crippen molar-refractivity contribution in [2.45, 2.75) is 51.0 Å². The number of rotatable bonds is 10. The van der Waals surface area contributed by atoms with E-state index < -0.39 is 19.1 Å². The summed E-state index contributed by atoms with van der Waals surface area (Å²) >= 11 is 0. The molecular formula is C24H26F3N2O6P. The Morgan fingerprint density at radius 2 is 1.67 bits per heavy atom. The summed E-state index contributed by atoms with van der Waals surface area (Å²) in [6, 6.07) is 11.5. The maximum Gasteiger partial charge on any atom is 0.573 e. The van der Waals surface area contributed by atoms with Gasteiger partial charge in [0.05, 0.1) is 11.4 Å². The van der Waals surface area contributed by atoms with Crippen LogP contribution in [0.25, 0.3) is 11.3 Å². The van der Waals surface area contributed by atoms with Gasteiger partial charge in [-0.25, -0.2) is 0 Å². The Bertz CT molecular complexity index is 1220. The van der Waals surface area contributed by atoms with Crippen molar-refractivity contribution in [2.75, 3.05) is 5.32 Å². The lowest BCUT2D eigenvalue weighted by Crippen LogP contribution is -2.24. The number of halogens is 3. The summed E-state index contributed by atoms with van der Waals surface area (Å²) in [5.74, 6) is -0.344. The summed E-state index contributed by atoms with van der Waals surface area (Å²) in [4.78, 5) is 32.3. The van der Waals surface area contributed by atoms with Gasteiger partial charge < -0.3 is 24.4 Å². The second-order valence-electron chi connectivity index (χ2n) is 8.16. The topological polar surface area (TPSA) is 122 Å². The minimum absolute atomic E-state index is 0.0710. The van der Waals surface area contributed by atoms with Gasteiger partial charge in [-0.1, -0.05) is 31.1 Å². The van der Waals surface area contributed by atoms with E-state index in [1.807, 2.05) is 0 Å². The lowest BCUT2D eigenvalue weighted by atomic mass is 9.92. The molecule has 0 bridgehead atoms. The highest BCUT2D eigenvalue weighted by Crippen LogP contribution is 2.60. The third kappa shape index (κ3) is 6.34. The molecule has 0 saturated heterocycles. The zero-order valence-electron chi connectivity index (χ0n) is 19.6. The molecule has 0 saturated carbocycles. The molecule has 3 aromatic rings. The summed E-state index contributed by atoms with van der Waals surface area (Å²) in [5.41, 5.74) is 2.05. The molecule has 0 fully saturated rings. The van der Waals surface area contributed by atoms with Crippen molar-refractivity contribution >= 4 is 19.2 Å². The molecule has 1 aromatic heterocycles. The standard InChI is InChI=1S/C24H26F3N2O6P/c1-3-23(4-2,36(31,32)33)18-8-10-19(11-9-18)29-21(30)14-7-17-15-28-35-22(17)16-5-12-20(13-6-16)34-24(25,26)27/h5-6,8-13,15H,3-4,7,14H2,1-2H3,(H,29,30)(H2,31,32,33). The van der Waals surface area contributed by atoms with E-state index in [4.69, 9.17) is 4.52 Å². The van der Waals surface area contributed by atoms with Crippen molar-refractivity contribution in [3.8, 4) is 17.1 Å². The zero-order valence-corrected chi connectivity index (χ0v) is 20.5. The van der Waals surface area contributed by atoms with Crippen molar-refractivity contribution in [1.82, 2.24) is 5.16 Å². The number of carbonyl (C=O) groups excluding carboxylic acids is 1. The van der Waals surface area contributed by atoms with Crippen LogP contribution in [0.5, 0.6) is 5.75 Å². The fourth-order valence-corrected chi connectivity index (χ4v) is 5.37. The Kier molecular flexibility index (Phi) is 8.28. The minimum Gasteiger partial charge on any atom is -0.406 e. The number of aromatic nitrogens is 1. The summed E-state index contributed by atoms with van der Waals surface area (Å²) in [6.07, 6.45) is -2.49. The van der Waals surface area contributed by atoms with Crippen LogP contribution in [0.15, 0.2) is 59.3 Å². The lowest BCUT2D eigenvalue weighted by molar-refractivity contribution is -0.274. The Balaban J connectivity index is 1.63. The van der Waals surface area contributed by atoms with E-state index >= 15 is 0 Å². The third-order valence-electron chi connectivity index (χ3n) is 6.05. The SMILES string of the molecule is CCC(CC)(c1ccc(NC(=O)CCc2cnoc2-c2ccc(OC(F)(F)F)cc2)cc1)P(=O)(O)O. The van der Waals surface area contributed by atoms with E-state index in [0.717, 1.165) is 12.1 Å². The van der Waals surface area contributed by atoms with E-state index in [0.29, 0.717) is 28.1 Å². The monoisotopic (exact) mass is 526 g/mol. The van der Waals surface area contributed by atoms with E-state index in [1.54, 1.807) is 38.1 Å². The minimum atomic E-state index is -4.79. The van der Waals surface area contributed by atoms with Crippen LogP contribution in [0.3, 0.4) is 0 Å². The molecule has 0 atom stereocenters. The van der Waals surface area contributed by atoms with Gasteiger partial charge in [0.15, 0.2) is 5.76 Å². The van der Waals surface area contributed by atoms with E-state index in [-0.39, 0.29) is 37.3 Å². The molecule has 0 radical (unpaired) electrons. The summed E-state index contributed by atoms with van der Waals surface area (Å²) in [7, 11) is -4.41. The van der Waals surface area contributed by atoms with Crippen molar-refractivity contribution in [2.24, 2.45) is 0 Å². The van der Waals surface area contributed by atoms with Gasteiger partial charge in [0.1, 0.15) is 5.75 Å². The maximum absolute atomic E-state index is 12.5. The number of benzene rings is 2. The van der Waals surface area contributed by atoms with Crippen LogP contribution >= 0.6 is 7.60 Å². The average molecular weight is 526 g/mol. The Morgan fingerprint density at radius 3 is 2.19 bits per heavy atom. The largest absolute Gasteiger partial charge is 0.573 e. The first kappa shape index (κ1) is 27.4. The second kappa shape index (κ2) is 10.9. The quantitative estimate of drug-likeness (QED) is 0.277. The molecule has 0 aliphatic carbocycles. The first-order valence-corrected chi connectivity index (χ1v) is 12.8. The number of hydrogen-bond acceptors (Lipinski definition) is 5.